The fourth-order valence-corrected chi connectivity index (χ4v) is 5.05. The minimum atomic E-state index is -3.46. The van der Waals surface area contributed by atoms with Crippen LogP contribution >= 0.6 is 12.4 Å². The van der Waals surface area contributed by atoms with Gasteiger partial charge in [0.1, 0.15) is 0 Å². The molecule has 1 aliphatic rings. The van der Waals surface area contributed by atoms with Crippen LogP contribution in [0, 0.1) is 19.8 Å². The van der Waals surface area contributed by atoms with Crippen LogP contribution in [0.25, 0.3) is 0 Å². The molecule has 1 fully saturated rings. The highest BCUT2D eigenvalue weighted by atomic mass is 35.5. The lowest BCUT2D eigenvalue weighted by Crippen LogP contribution is -2.51. The van der Waals surface area contributed by atoms with E-state index in [2.05, 4.69) is 6.92 Å². The van der Waals surface area contributed by atoms with Gasteiger partial charge in [0.2, 0.25) is 10.0 Å². The van der Waals surface area contributed by atoms with Gasteiger partial charge in [-0.3, -0.25) is 0 Å². The van der Waals surface area contributed by atoms with Gasteiger partial charge in [0.05, 0.1) is 4.90 Å². The highest BCUT2D eigenvalue weighted by Gasteiger charge is 2.36. The number of hydrogen-bond donors (Lipinski definition) is 1. The van der Waals surface area contributed by atoms with Gasteiger partial charge in [-0.25, -0.2) is 8.42 Å². The zero-order valence-electron chi connectivity index (χ0n) is 12.9. The van der Waals surface area contributed by atoms with Crippen LogP contribution in [0.1, 0.15) is 30.9 Å². The Kier molecular flexibility index (Phi) is 6.23. The summed E-state index contributed by atoms with van der Waals surface area (Å²) in [5, 5.41) is 0. The molecule has 1 aromatic carbocycles. The van der Waals surface area contributed by atoms with Crippen molar-refractivity contribution in [3.05, 3.63) is 29.3 Å². The van der Waals surface area contributed by atoms with Crippen LogP contribution < -0.4 is 5.73 Å². The van der Waals surface area contributed by atoms with Gasteiger partial charge in [-0.2, -0.15) is 4.31 Å². The SMILES string of the molecule is Cc1ccc(C)c(S(=O)(=O)N2CCCC(C)C2CN)c1.Cl. The van der Waals surface area contributed by atoms with Crippen LogP contribution in [-0.2, 0) is 10.0 Å². The number of sulfonamides is 1. The molecule has 0 aromatic heterocycles. The van der Waals surface area contributed by atoms with E-state index in [1.54, 1.807) is 10.4 Å². The summed E-state index contributed by atoms with van der Waals surface area (Å²) in [5.74, 6) is 0.314. The Balaban J connectivity index is 0.00000220. The van der Waals surface area contributed by atoms with Crippen LogP contribution in [0.5, 0.6) is 0 Å². The number of hydrogen-bond acceptors (Lipinski definition) is 3. The molecule has 2 N–H and O–H groups in total. The molecule has 2 atom stereocenters. The lowest BCUT2D eigenvalue weighted by molar-refractivity contribution is 0.192. The van der Waals surface area contributed by atoms with Gasteiger partial charge < -0.3 is 5.73 Å². The number of benzene rings is 1. The van der Waals surface area contributed by atoms with E-state index >= 15 is 0 Å². The van der Waals surface area contributed by atoms with Crippen molar-refractivity contribution in [2.75, 3.05) is 13.1 Å². The van der Waals surface area contributed by atoms with Crippen LogP contribution in [-0.4, -0.2) is 31.9 Å². The zero-order chi connectivity index (χ0) is 14.9. The molecule has 2 rings (SSSR count). The summed E-state index contributed by atoms with van der Waals surface area (Å²) in [5.41, 5.74) is 7.58. The normalized spacial score (nSPS) is 23.6. The maximum absolute atomic E-state index is 12.9. The van der Waals surface area contributed by atoms with Crippen molar-refractivity contribution < 1.29 is 8.42 Å². The summed E-state index contributed by atoms with van der Waals surface area (Å²) >= 11 is 0. The summed E-state index contributed by atoms with van der Waals surface area (Å²) in [6.45, 7) is 6.80. The lowest BCUT2D eigenvalue weighted by Gasteiger charge is -2.38. The van der Waals surface area contributed by atoms with Crippen molar-refractivity contribution in [2.45, 2.75) is 44.6 Å². The number of nitrogens with zero attached hydrogens (tertiary/aromatic N) is 1. The predicted octanol–water partition coefficient (Wildman–Crippen LogP) is 2.47. The molecule has 0 spiro atoms. The minimum absolute atomic E-state index is 0. The Hall–Kier alpha value is -0.620. The zero-order valence-corrected chi connectivity index (χ0v) is 14.5. The van der Waals surface area contributed by atoms with Crippen molar-refractivity contribution in [3.63, 3.8) is 0 Å². The molecule has 2 unspecified atom stereocenters. The van der Waals surface area contributed by atoms with Gasteiger partial charge in [0.15, 0.2) is 0 Å². The van der Waals surface area contributed by atoms with E-state index in [0.29, 0.717) is 23.9 Å². The van der Waals surface area contributed by atoms with Gasteiger partial charge in [-0.1, -0.05) is 19.1 Å². The first-order valence-corrected chi connectivity index (χ1v) is 8.61. The predicted molar refractivity (Wildman–Crippen MR) is 88.3 cm³/mol. The van der Waals surface area contributed by atoms with Crippen molar-refractivity contribution >= 4 is 22.4 Å². The van der Waals surface area contributed by atoms with Crippen LogP contribution in [0.4, 0.5) is 0 Å². The first-order valence-electron chi connectivity index (χ1n) is 7.17. The van der Waals surface area contributed by atoms with E-state index in [1.165, 1.54) is 0 Å². The second-order valence-corrected chi connectivity index (χ2v) is 7.67. The molecule has 120 valence electrons. The summed E-state index contributed by atoms with van der Waals surface area (Å²) in [7, 11) is -3.46. The van der Waals surface area contributed by atoms with Gasteiger partial charge in [0, 0.05) is 19.1 Å². The number of rotatable bonds is 3. The van der Waals surface area contributed by atoms with E-state index in [1.807, 2.05) is 26.0 Å². The third-order valence-corrected chi connectivity index (χ3v) is 6.30. The minimum Gasteiger partial charge on any atom is -0.329 e. The molecule has 1 saturated heterocycles. The number of piperidine rings is 1. The summed E-state index contributed by atoms with van der Waals surface area (Å²) in [6, 6.07) is 5.48. The fourth-order valence-electron chi connectivity index (χ4n) is 2.97. The van der Waals surface area contributed by atoms with Gasteiger partial charge in [0.25, 0.3) is 0 Å². The van der Waals surface area contributed by atoms with Crippen LogP contribution in [0.15, 0.2) is 23.1 Å². The first kappa shape index (κ1) is 18.4. The summed E-state index contributed by atoms with van der Waals surface area (Å²) in [6.07, 6.45) is 1.95. The molecule has 0 aliphatic carbocycles. The average molecular weight is 333 g/mol. The Bertz CT molecular complexity index is 589. The molecule has 0 radical (unpaired) electrons. The molecule has 1 heterocycles. The standard InChI is InChI=1S/C15H24N2O2S.ClH/c1-11-6-7-13(3)15(9-11)20(18,19)17-8-4-5-12(2)14(17)10-16;/h6-7,9,12,14H,4-5,8,10,16H2,1-3H3;1H. The third-order valence-electron chi connectivity index (χ3n) is 4.24. The highest BCUT2D eigenvalue weighted by molar-refractivity contribution is 7.89. The first-order chi connectivity index (χ1) is 9.37. The van der Waals surface area contributed by atoms with E-state index in [4.69, 9.17) is 5.73 Å². The number of aryl methyl sites for hydroxylation is 2. The molecule has 6 heteroatoms. The van der Waals surface area contributed by atoms with Crippen molar-refractivity contribution in [3.8, 4) is 0 Å². The van der Waals surface area contributed by atoms with E-state index < -0.39 is 10.0 Å². The second kappa shape index (κ2) is 7.09. The average Bonchev–Trinajstić information content (AvgIpc) is 2.41. The van der Waals surface area contributed by atoms with E-state index in [9.17, 15) is 8.42 Å². The molecular weight excluding hydrogens is 308 g/mol. The molecular formula is C15H25ClN2O2S. The fraction of sp³-hybridized carbons (Fsp3) is 0.600. The van der Waals surface area contributed by atoms with E-state index in [0.717, 1.165) is 24.0 Å². The maximum Gasteiger partial charge on any atom is 0.243 e. The third kappa shape index (κ3) is 3.59. The molecule has 0 amide bonds. The Labute approximate surface area is 134 Å². The lowest BCUT2D eigenvalue weighted by atomic mass is 9.93. The second-order valence-electron chi connectivity index (χ2n) is 5.81. The quantitative estimate of drug-likeness (QED) is 0.924. The summed E-state index contributed by atoms with van der Waals surface area (Å²) < 4.78 is 27.5. The van der Waals surface area contributed by atoms with Gasteiger partial charge in [-0.15, -0.1) is 12.4 Å². The Morgan fingerprint density at radius 3 is 2.62 bits per heavy atom. The molecule has 1 aliphatic heterocycles. The summed E-state index contributed by atoms with van der Waals surface area (Å²) in [4.78, 5) is 0.421. The monoisotopic (exact) mass is 332 g/mol. The molecule has 1 aromatic rings. The molecule has 21 heavy (non-hydrogen) atoms. The molecule has 4 nitrogen and oxygen atoms in total. The number of nitrogens with two attached hydrogens (primary N) is 1. The van der Waals surface area contributed by atoms with Crippen molar-refractivity contribution in [1.82, 2.24) is 4.31 Å². The van der Waals surface area contributed by atoms with E-state index in [-0.39, 0.29) is 18.4 Å². The van der Waals surface area contributed by atoms with Crippen molar-refractivity contribution in [2.24, 2.45) is 11.7 Å². The molecule has 0 bridgehead atoms. The van der Waals surface area contributed by atoms with Crippen LogP contribution in [0.2, 0.25) is 0 Å². The topological polar surface area (TPSA) is 63.4 Å². The molecule has 0 saturated carbocycles. The van der Waals surface area contributed by atoms with Crippen molar-refractivity contribution in [1.29, 1.82) is 0 Å². The maximum atomic E-state index is 12.9. The number of halogens is 1. The Morgan fingerprint density at radius 1 is 1.33 bits per heavy atom. The van der Waals surface area contributed by atoms with Gasteiger partial charge >= 0.3 is 0 Å². The Morgan fingerprint density at radius 2 is 2.00 bits per heavy atom. The van der Waals surface area contributed by atoms with Gasteiger partial charge in [-0.05, 0) is 49.8 Å². The van der Waals surface area contributed by atoms with Crippen LogP contribution in [0.3, 0.4) is 0 Å². The smallest absolute Gasteiger partial charge is 0.243 e. The largest absolute Gasteiger partial charge is 0.329 e. The highest BCUT2D eigenvalue weighted by Crippen LogP contribution is 2.30.